The summed E-state index contributed by atoms with van der Waals surface area (Å²) in [5, 5.41) is 17.3. The quantitative estimate of drug-likeness (QED) is 0.0539. The van der Waals surface area contributed by atoms with Crippen LogP contribution in [-0.2, 0) is 21.9 Å². The van der Waals surface area contributed by atoms with Crippen LogP contribution in [0, 0.1) is 65.1 Å². The minimum atomic E-state index is -6.09. The van der Waals surface area contributed by atoms with E-state index >= 15 is 0 Å². The van der Waals surface area contributed by atoms with Gasteiger partial charge in [0.15, 0.2) is 14.7 Å². The van der Waals surface area contributed by atoms with E-state index < -0.39 is 40.7 Å². The highest BCUT2D eigenvalue weighted by molar-refractivity contribution is 8.10. The minimum Gasteiger partial charge on any atom is -0.741 e. The molecule has 7 fully saturated rings. The number of alkyl halides is 7. The van der Waals surface area contributed by atoms with E-state index in [1.165, 1.54) is 163 Å². The molecule has 0 bridgehead atoms. The van der Waals surface area contributed by atoms with Crippen LogP contribution in [0.2, 0.25) is 0 Å². The van der Waals surface area contributed by atoms with Gasteiger partial charge in [-0.05, 0) is 229 Å². The molecule has 18 heteroatoms. The molecule has 7 aliphatic rings. The van der Waals surface area contributed by atoms with E-state index in [9.17, 15) is 30.7 Å². The number of phenolic OH excluding ortho intramolecular Hbond substituents is 2. The number of rotatable bonds is 12. The van der Waals surface area contributed by atoms with Gasteiger partial charge < -0.3 is 24.2 Å². The van der Waals surface area contributed by atoms with Crippen molar-refractivity contribution in [3.63, 3.8) is 0 Å². The van der Waals surface area contributed by atoms with Crippen LogP contribution in [-0.4, -0.2) is 63.9 Å². The molecular weight excluding hydrogens is 1090 g/mol. The zero-order valence-corrected chi connectivity index (χ0v) is 49.8. The number of hydrogen-bond acceptors (Lipinski definition) is 8. The summed E-state index contributed by atoms with van der Waals surface area (Å²) in [7, 11) is -6.09. The summed E-state index contributed by atoms with van der Waals surface area (Å²) in [4.78, 5) is 0. The molecule has 1 unspecified atom stereocenters. The Labute approximate surface area is 486 Å². The first-order chi connectivity index (χ1) is 37.2. The summed E-state index contributed by atoms with van der Waals surface area (Å²) in [6, 6.07) is 11.4. The van der Waals surface area contributed by atoms with Crippen LogP contribution in [0.3, 0.4) is 0 Å². The van der Waals surface area contributed by atoms with Crippen molar-refractivity contribution in [2.24, 2.45) is 65.1 Å². The number of halogens is 8. The van der Waals surface area contributed by atoms with E-state index in [0.717, 1.165) is 83.5 Å². The van der Waals surface area contributed by atoms with Crippen molar-refractivity contribution in [3.8, 4) is 23.0 Å². The zero-order valence-electron chi connectivity index (χ0n) is 47.3. The Morgan fingerprint density at radius 3 is 1.23 bits per heavy atom. The molecular formula is C61H108F8O7S3. The Morgan fingerprint density at radius 2 is 0.899 bits per heavy atom. The first-order valence-electron chi connectivity index (χ1n) is 30.0. The van der Waals surface area contributed by atoms with Gasteiger partial charge in [-0.2, -0.15) is 22.0 Å². The molecule has 1 atom stereocenters. The first-order valence-corrected chi connectivity index (χ1v) is 33.6. The molecule has 1 heterocycles. The van der Waals surface area contributed by atoms with Crippen LogP contribution >= 0.6 is 11.8 Å². The highest BCUT2D eigenvalue weighted by atomic mass is 32.2. The fraction of sp³-hybridized carbons (Fsp3) is 0.803. The van der Waals surface area contributed by atoms with E-state index in [1.54, 1.807) is 50.3 Å². The standard InChI is InChI=1S/C22H31F3O2.C18H32S2.C14H25F.C6H6O2.CHF3O3S.FH.6H2/c1-2-16-3-5-17(6-4-16)18-7-9-19(10-8-18)22(24,25)27-21-13-11-20(12-14-21)26-15-23;1-2-14-4-6-15(7-5-14)16-8-10-17(11-9-16)18-19-12-3-13-20-18;1-2-11-3-5-12(6-4-11)13-7-9-14(15)10-8-13;7-5-1-2-6(8)4-3-5;2-1(3,4)8(5,6)7;;;;;;;/h11-14,16-19H,2-10,15H2,1H3;14-18H,2-13H2,1H3;11-14H,2-10H2,1H3;1-4,7-8H;(H,5,6,7);7*1H. The molecule has 6 aliphatic carbocycles. The van der Waals surface area contributed by atoms with Gasteiger partial charge in [0.1, 0.15) is 34.9 Å². The number of benzene rings is 2. The van der Waals surface area contributed by atoms with Crippen molar-refractivity contribution in [2.45, 2.75) is 223 Å². The molecule has 2 N–H and O–H groups in total. The van der Waals surface area contributed by atoms with Crippen molar-refractivity contribution in [3.05, 3.63) is 48.5 Å². The van der Waals surface area contributed by atoms with Gasteiger partial charge in [0, 0.05) is 26.7 Å². The third-order valence-electron chi connectivity index (χ3n) is 18.9. The Bertz CT molecular complexity index is 2010. The lowest BCUT2D eigenvalue weighted by Crippen LogP contribution is -2.38. The molecule has 0 amide bonds. The molecule has 2 aromatic rings. The lowest BCUT2D eigenvalue weighted by molar-refractivity contribution is -0.224. The number of thiol groups is 1. The zero-order chi connectivity index (χ0) is 56.7. The van der Waals surface area contributed by atoms with Crippen LogP contribution < -0.4 is 9.47 Å². The molecule has 1 aliphatic heterocycles. The van der Waals surface area contributed by atoms with Gasteiger partial charge >= 0.3 is 11.6 Å². The topological polar surface area (TPSA) is 116 Å². The average Bonchev–Trinajstić information content (AvgIpc) is 3.52. The molecule has 0 radical (unpaired) electrons. The van der Waals surface area contributed by atoms with Crippen LogP contribution in [0.4, 0.5) is 35.4 Å². The van der Waals surface area contributed by atoms with Gasteiger partial charge in [-0.25, -0.2) is 17.2 Å². The van der Waals surface area contributed by atoms with Crippen molar-refractivity contribution >= 4 is 33.6 Å². The van der Waals surface area contributed by atoms with Gasteiger partial charge in [-0.15, -0.1) is 11.8 Å². The maximum atomic E-state index is 14.6. The first kappa shape index (κ1) is 69.2. The van der Waals surface area contributed by atoms with Crippen molar-refractivity contribution < 1.29 is 76.7 Å². The molecule has 2 aromatic carbocycles. The second-order valence-electron chi connectivity index (χ2n) is 23.7. The monoisotopic (exact) mass is 1200 g/mol. The van der Waals surface area contributed by atoms with E-state index in [1.807, 2.05) is 0 Å². The number of phenols is 2. The molecule has 6 saturated carbocycles. The SMILES string of the molecule is CCC1CCC(C2CCC(C(F)(F)Oc3ccc(OCF)cc3)CC2)CC1.CCC1CCC(C2CCC(C3SCCC[SH+]3)CC2)CC1.CCC1CCC(C2CCC(F)CC2)CC1.F.O=S(=O)([O-])C(F)(F)F.Oc1ccc(O)cc1.[HH].[HH].[HH].[HH].[HH].[HH]. The second-order valence-corrected chi connectivity index (χ2v) is 28.0. The smallest absolute Gasteiger partial charge is 0.485 e. The maximum absolute atomic E-state index is 14.6. The van der Waals surface area contributed by atoms with Gasteiger partial charge in [-0.3, -0.25) is 4.70 Å². The molecule has 1 saturated heterocycles. The van der Waals surface area contributed by atoms with E-state index in [-0.39, 0.29) is 30.5 Å². The molecule has 0 spiro atoms. The third-order valence-corrected chi connectivity index (χ3v) is 23.0. The van der Waals surface area contributed by atoms with Gasteiger partial charge in [0.05, 0.1) is 5.92 Å². The van der Waals surface area contributed by atoms with E-state index in [4.69, 9.17) is 27.9 Å². The van der Waals surface area contributed by atoms with Crippen molar-refractivity contribution in [1.29, 1.82) is 0 Å². The van der Waals surface area contributed by atoms with Crippen LogP contribution in [0.1, 0.15) is 209 Å². The van der Waals surface area contributed by atoms with Crippen LogP contribution in [0.25, 0.3) is 0 Å². The Hall–Kier alpha value is -2.31. The predicted molar refractivity (Wildman–Crippen MR) is 319 cm³/mol. The van der Waals surface area contributed by atoms with Crippen molar-refractivity contribution in [1.82, 2.24) is 0 Å². The summed E-state index contributed by atoms with van der Waals surface area (Å²) in [5.74, 6) is 12.3. The highest BCUT2D eigenvalue weighted by Crippen LogP contribution is 2.48. The molecule has 0 aromatic heterocycles. The number of aromatic hydroxyl groups is 2. The largest absolute Gasteiger partial charge is 0.741 e. The highest BCUT2D eigenvalue weighted by Gasteiger charge is 2.45. The number of ether oxygens (including phenoxy) is 2. The van der Waals surface area contributed by atoms with E-state index in [0.29, 0.717) is 24.5 Å². The van der Waals surface area contributed by atoms with Gasteiger partial charge in [0.25, 0.3) is 0 Å². The normalized spacial score (nSPS) is 31.5. The minimum absolute atomic E-state index is 0. The summed E-state index contributed by atoms with van der Waals surface area (Å²) < 4.78 is 124. The fourth-order valence-corrected chi connectivity index (χ4v) is 17.3. The summed E-state index contributed by atoms with van der Waals surface area (Å²) in [5.41, 5.74) is -5.65. The summed E-state index contributed by atoms with van der Waals surface area (Å²) in [6.45, 7) is 6.02. The van der Waals surface area contributed by atoms with Gasteiger partial charge in [0.2, 0.25) is 6.86 Å². The van der Waals surface area contributed by atoms with Crippen molar-refractivity contribution in [2.75, 3.05) is 18.4 Å². The summed E-state index contributed by atoms with van der Waals surface area (Å²) >= 11 is 4.07. The Kier molecular flexibility index (Phi) is 30.7. The Morgan fingerprint density at radius 1 is 0.570 bits per heavy atom. The van der Waals surface area contributed by atoms with Gasteiger partial charge in [-0.1, -0.05) is 78.6 Å². The van der Waals surface area contributed by atoms with Crippen LogP contribution in [0.5, 0.6) is 23.0 Å². The van der Waals surface area contributed by atoms with E-state index in [2.05, 4.69) is 37.3 Å². The molecule has 79 heavy (non-hydrogen) atoms. The maximum Gasteiger partial charge on any atom is 0.485 e. The fourth-order valence-electron chi connectivity index (χ4n) is 13.8. The third kappa shape index (κ3) is 24.1. The molecule has 9 rings (SSSR count). The predicted octanol–water partition coefficient (Wildman–Crippen LogP) is 19.8. The Balaban J connectivity index is -0.00000103. The van der Waals surface area contributed by atoms with Crippen LogP contribution in [0.15, 0.2) is 48.5 Å². The summed E-state index contributed by atoms with van der Waals surface area (Å²) in [6.07, 6.45) is 32.1. The number of thioether (sulfide) groups is 1. The molecule has 7 nitrogen and oxygen atoms in total. The average molecular weight is 1200 g/mol. The lowest BCUT2D eigenvalue weighted by Gasteiger charge is -2.39. The lowest BCUT2D eigenvalue weighted by atomic mass is 9.69. The molecule has 468 valence electrons. The number of hydrogen-bond donors (Lipinski definition) is 2. The second kappa shape index (κ2) is 35.1.